The van der Waals surface area contributed by atoms with Gasteiger partial charge in [-0.05, 0) is 159 Å². The fourth-order valence-electron chi connectivity index (χ4n) is 11.7. The number of rotatable bonds is 35. The van der Waals surface area contributed by atoms with Crippen molar-refractivity contribution in [2.75, 3.05) is 26.2 Å². The molecule has 0 saturated heterocycles. The molecule has 0 radical (unpaired) electrons. The Bertz CT molecular complexity index is 1660. The molecule has 0 fully saturated rings. The molecule has 13 heteroatoms. The van der Waals surface area contributed by atoms with Crippen molar-refractivity contribution in [2.45, 2.75) is 225 Å². The smallest absolute Gasteiger partial charge is 0.404 e. The summed E-state index contributed by atoms with van der Waals surface area (Å²) in [6.07, 6.45) is 4.42. The molecule has 0 spiro atoms. The number of carbonyl (C=O) groups excluding carboxylic acids is 1. The molecule has 0 aromatic heterocycles. The van der Waals surface area contributed by atoms with Crippen LogP contribution < -0.4 is 10.1 Å². The first-order valence-corrected chi connectivity index (χ1v) is 42.2. The van der Waals surface area contributed by atoms with Gasteiger partial charge in [-0.2, -0.15) is 0 Å². The van der Waals surface area contributed by atoms with Crippen LogP contribution in [0.5, 0.6) is 0 Å². The van der Waals surface area contributed by atoms with Crippen LogP contribution in [0, 0.1) is 76.9 Å². The second-order valence-electron chi connectivity index (χ2n) is 25.4. The second-order valence-corrected chi connectivity index (χ2v) is 45.4. The maximum absolute atomic E-state index is 13.8. The van der Waals surface area contributed by atoms with Gasteiger partial charge in [0.05, 0.1) is 14.2 Å². The van der Waals surface area contributed by atoms with Crippen molar-refractivity contribution in [3.05, 3.63) is 24.3 Å². The zero-order valence-corrected chi connectivity index (χ0v) is 55.7. The van der Waals surface area contributed by atoms with Crippen LogP contribution in [0.3, 0.4) is 0 Å². The molecule has 0 aliphatic carbocycles. The van der Waals surface area contributed by atoms with Crippen LogP contribution >= 0.6 is 0 Å². The van der Waals surface area contributed by atoms with Gasteiger partial charge in [-0.15, -0.1) is 4.39 Å². The van der Waals surface area contributed by atoms with E-state index in [9.17, 15) is 9.18 Å². The molecule has 0 bridgehead atoms. The van der Waals surface area contributed by atoms with Gasteiger partial charge in [-0.25, -0.2) is 4.79 Å². The second kappa shape index (κ2) is 29.7. The number of benzene rings is 1. The summed E-state index contributed by atoms with van der Waals surface area (Å²) < 4.78 is 48.8. The van der Waals surface area contributed by atoms with Crippen LogP contribution in [0.15, 0.2) is 24.3 Å². The van der Waals surface area contributed by atoms with Crippen LogP contribution in [-0.2, 0) is 21.5 Å². The lowest BCUT2D eigenvalue weighted by molar-refractivity contribution is 0.0190. The third-order valence-corrected chi connectivity index (χ3v) is 40.3. The van der Waals surface area contributed by atoms with Gasteiger partial charge in [0.25, 0.3) is 0 Å². The first-order valence-electron chi connectivity index (χ1n) is 28.3. The summed E-state index contributed by atoms with van der Waals surface area (Å²) in [5, 5.41) is 1.19. The van der Waals surface area contributed by atoms with E-state index in [0.29, 0.717) is 82.6 Å². The number of hydrogen-bond acceptors (Lipinski definition) is 6. The number of nitrogens with zero attached hydrogens (tertiary/aromatic N) is 1. The quantitative estimate of drug-likeness (QED) is 0.0383. The van der Waals surface area contributed by atoms with E-state index in [1.807, 2.05) is 26.4 Å². The minimum Gasteiger partial charge on any atom is -0.436 e. The summed E-state index contributed by atoms with van der Waals surface area (Å²) in [4.78, 5) is 12.7. The van der Waals surface area contributed by atoms with Gasteiger partial charge < -0.3 is 21.5 Å². The number of unbranched alkanes of at least 4 members (excludes halogenated alkanes) is 2. The molecule has 0 saturated carbocycles. The largest absolute Gasteiger partial charge is 0.436 e. The summed E-state index contributed by atoms with van der Waals surface area (Å²) in [7, 11) is -7.22. The van der Waals surface area contributed by atoms with Crippen molar-refractivity contribution >= 4 is 59.1 Å². The number of anilines is 1. The molecule has 7 nitrogen and oxygen atoms in total. The van der Waals surface area contributed by atoms with Crippen molar-refractivity contribution in [1.82, 2.24) is 0 Å². The molecule has 1 rings (SSSR count). The Morgan fingerprint density at radius 1 is 0.543 bits per heavy atom. The average molecular weight is 1070 g/mol. The third-order valence-electron chi connectivity index (χ3n) is 19.6. The number of halogens is 1. The van der Waals surface area contributed by atoms with Crippen LogP contribution in [0.1, 0.15) is 143 Å². The van der Waals surface area contributed by atoms with E-state index in [0.717, 1.165) is 54.4 Å². The Hall–Kier alpha value is -0.496. The fraction of sp³-hybridized carbons (Fsp3) is 0.877. The first kappa shape index (κ1) is 67.5. The van der Waals surface area contributed by atoms with E-state index in [1.54, 1.807) is 6.07 Å². The topological polar surface area (TPSA) is 66.5 Å². The highest BCUT2D eigenvalue weighted by Gasteiger charge is 2.50. The predicted molar refractivity (Wildman–Crippen MR) is 315 cm³/mol. The van der Waals surface area contributed by atoms with E-state index in [-0.39, 0.29) is 6.10 Å². The van der Waals surface area contributed by atoms with Crippen molar-refractivity contribution < 1.29 is 30.7 Å². The van der Waals surface area contributed by atoms with Crippen LogP contribution in [0.25, 0.3) is 0 Å². The van der Waals surface area contributed by atoms with Crippen LogP contribution in [0.4, 0.5) is 14.9 Å². The van der Waals surface area contributed by atoms with Gasteiger partial charge in [0, 0.05) is 27.0 Å². The van der Waals surface area contributed by atoms with E-state index >= 15 is 0 Å². The standard InChI is InChI=1S/C57H116FNO6Si5/c1-27-29-35-67(22,23)63-69(25,36-30-28-2)65-70(26,64-68(24,62-19)39-38-66(20,21)56-33-31-32-55(40-56)59(17)57(58)60)37-34-41(3)42(4)43(5)44(6)45(7)46(8)47(9)48(10)49(11)50(12)51(13)52(14)53(15)54(16)61-18/h31-33,40-54H,27-30,34-39H2,1-26H3. The van der Waals surface area contributed by atoms with Gasteiger partial charge in [0.2, 0.25) is 0 Å². The zero-order chi connectivity index (χ0) is 54.3. The Kier molecular flexibility index (Phi) is 28.7. The molecule has 17 unspecified atom stereocenters. The van der Waals surface area contributed by atoms with E-state index in [4.69, 9.17) is 21.5 Å². The summed E-state index contributed by atoms with van der Waals surface area (Å²) >= 11 is 0. The fourth-order valence-corrected chi connectivity index (χ4v) is 36.6. The first-order chi connectivity index (χ1) is 32.1. The molecule has 1 amide bonds. The Morgan fingerprint density at radius 3 is 1.39 bits per heavy atom. The minimum atomic E-state index is -2.90. The molecular formula is C57H116FNO6Si5. The molecule has 17 atom stereocenters. The molecule has 70 heavy (non-hydrogen) atoms. The molecule has 1 aromatic carbocycles. The van der Waals surface area contributed by atoms with Gasteiger partial charge in [0.15, 0.2) is 8.32 Å². The zero-order valence-electron chi connectivity index (χ0n) is 50.7. The normalized spacial score (nSPS) is 21.5. The summed E-state index contributed by atoms with van der Waals surface area (Å²) in [5.41, 5.74) is 0.581. The number of ether oxygens (including phenoxy) is 1. The van der Waals surface area contributed by atoms with Gasteiger partial charge >= 0.3 is 31.8 Å². The Morgan fingerprint density at radius 2 is 0.957 bits per heavy atom. The average Bonchev–Trinajstić information content (AvgIpc) is 3.32. The van der Waals surface area contributed by atoms with Gasteiger partial charge in [-0.3, -0.25) is 4.90 Å². The van der Waals surface area contributed by atoms with E-state index in [1.165, 1.54) is 25.1 Å². The predicted octanol–water partition coefficient (Wildman–Crippen LogP) is 17.5. The minimum absolute atomic E-state index is 0.273. The highest BCUT2D eigenvalue weighted by molar-refractivity contribution is 6.92. The molecule has 1 aromatic rings. The van der Waals surface area contributed by atoms with E-state index in [2.05, 4.69) is 163 Å². The highest BCUT2D eigenvalue weighted by atomic mass is 28.5. The number of amides is 1. The van der Waals surface area contributed by atoms with Gasteiger partial charge in [-0.1, -0.05) is 166 Å². The maximum atomic E-state index is 13.8. The van der Waals surface area contributed by atoms with Crippen molar-refractivity contribution in [2.24, 2.45) is 76.9 Å². The van der Waals surface area contributed by atoms with Crippen molar-refractivity contribution in [1.29, 1.82) is 0 Å². The lowest BCUT2D eigenvalue weighted by atomic mass is 9.63. The van der Waals surface area contributed by atoms with Gasteiger partial charge in [0.1, 0.15) is 0 Å². The monoisotopic (exact) mass is 1070 g/mol. The number of hydrogen-bond donors (Lipinski definition) is 0. The highest BCUT2D eigenvalue weighted by Crippen LogP contribution is 2.44. The Balaban J connectivity index is 3.47. The number of carbonyl (C=O) groups is 1. The third kappa shape index (κ3) is 20.2. The molecule has 0 aliphatic heterocycles. The van der Waals surface area contributed by atoms with Crippen LogP contribution in [-0.4, -0.2) is 75.6 Å². The van der Waals surface area contributed by atoms with Crippen LogP contribution in [0.2, 0.25) is 76.0 Å². The molecule has 0 heterocycles. The number of methoxy groups -OCH3 is 1. The molecule has 0 aliphatic rings. The summed E-state index contributed by atoms with van der Waals surface area (Å²) in [5.74, 6) is 7.71. The van der Waals surface area contributed by atoms with E-state index < -0.39 is 48.2 Å². The summed E-state index contributed by atoms with van der Waals surface area (Å²) in [6, 6.07) is 12.7. The lowest BCUT2D eigenvalue weighted by Gasteiger charge is -2.45. The maximum Gasteiger partial charge on any atom is 0.404 e. The Labute approximate surface area is 439 Å². The molecular weight excluding hydrogens is 954 g/mol. The molecule has 0 N–H and O–H groups in total. The SMILES string of the molecule is CCCC[Si](C)(C)O[Si](C)(CCCC)O[Si](C)(CCC(C)C(C)C(C)C(C)C(C)C(C)C(C)C(C)C(C)C(C)C(C)C(C)C(C)C(C)OC)O[Si](C)(CC[Si](C)(C)c1cccc(N(C)C(=O)F)c1)OC. The summed E-state index contributed by atoms with van der Waals surface area (Å²) in [6.45, 7) is 55.7. The lowest BCUT2D eigenvalue weighted by Crippen LogP contribution is -2.60. The van der Waals surface area contributed by atoms with Crippen molar-refractivity contribution in [3.63, 3.8) is 0 Å². The molecule has 412 valence electrons. The van der Waals surface area contributed by atoms with Crippen molar-refractivity contribution in [3.8, 4) is 0 Å².